The summed E-state index contributed by atoms with van der Waals surface area (Å²) >= 11 is 0. The number of benzene rings is 2. The molecule has 6 nitrogen and oxygen atoms in total. The number of hydrogen-bond donors (Lipinski definition) is 1. The van der Waals surface area contributed by atoms with Crippen molar-refractivity contribution in [2.75, 3.05) is 21.8 Å². The van der Waals surface area contributed by atoms with Gasteiger partial charge in [0.1, 0.15) is 0 Å². The number of fused-ring (bicyclic) bond motifs is 1. The highest BCUT2D eigenvalue weighted by molar-refractivity contribution is 7.92. The average Bonchev–Trinajstić information content (AvgIpc) is 2.89. The lowest BCUT2D eigenvalue weighted by Crippen LogP contribution is -2.27. The van der Waals surface area contributed by atoms with E-state index in [0.717, 1.165) is 17.4 Å². The zero-order valence-corrected chi connectivity index (χ0v) is 15.7. The van der Waals surface area contributed by atoms with Crippen molar-refractivity contribution in [1.82, 2.24) is 0 Å². The number of anilines is 2. The summed E-state index contributed by atoms with van der Waals surface area (Å²) in [7, 11) is -6.97. The van der Waals surface area contributed by atoms with Gasteiger partial charge in [0.25, 0.3) is 0 Å². The second-order valence-corrected chi connectivity index (χ2v) is 9.91. The van der Waals surface area contributed by atoms with Crippen LogP contribution in [0.5, 0.6) is 0 Å². The average molecular weight is 380 g/mol. The van der Waals surface area contributed by atoms with E-state index in [9.17, 15) is 16.8 Å². The van der Waals surface area contributed by atoms with Crippen LogP contribution < -0.4 is 9.03 Å². The highest BCUT2D eigenvalue weighted by Crippen LogP contribution is 2.32. The summed E-state index contributed by atoms with van der Waals surface area (Å²) in [6.07, 6.45) is 1.77. The largest absolute Gasteiger partial charge is 0.283 e. The number of hydrogen-bond acceptors (Lipinski definition) is 4. The predicted molar refractivity (Wildman–Crippen MR) is 99.8 cm³/mol. The Bertz CT molecular complexity index is 1010. The molecule has 0 spiro atoms. The topological polar surface area (TPSA) is 83.6 Å². The van der Waals surface area contributed by atoms with Crippen molar-refractivity contribution in [3.63, 3.8) is 0 Å². The zero-order chi connectivity index (χ0) is 18.2. The maximum atomic E-state index is 12.4. The highest BCUT2D eigenvalue weighted by atomic mass is 32.2. The quantitative estimate of drug-likeness (QED) is 0.862. The first kappa shape index (κ1) is 17.8. The number of sulfonamides is 2. The van der Waals surface area contributed by atoms with E-state index in [1.807, 2.05) is 25.1 Å². The second-order valence-electron chi connectivity index (χ2n) is 6.28. The second kappa shape index (κ2) is 6.34. The van der Waals surface area contributed by atoms with Crippen molar-refractivity contribution >= 4 is 31.4 Å². The SMILES string of the molecule is Cc1cccc(CS(=O)(=O)Nc2ccc3c(c2)N(S(C)(=O)=O)CC3)c1. The molecule has 25 heavy (non-hydrogen) atoms. The highest BCUT2D eigenvalue weighted by Gasteiger charge is 2.26. The predicted octanol–water partition coefficient (Wildman–Crippen LogP) is 2.26. The molecule has 0 fully saturated rings. The molecule has 0 aromatic heterocycles. The molecule has 0 bridgehead atoms. The molecule has 0 amide bonds. The minimum absolute atomic E-state index is 0.137. The van der Waals surface area contributed by atoms with Crippen LogP contribution >= 0.6 is 0 Å². The maximum absolute atomic E-state index is 12.4. The Morgan fingerprint density at radius 1 is 1.08 bits per heavy atom. The molecule has 0 unspecified atom stereocenters. The van der Waals surface area contributed by atoms with E-state index in [4.69, 9.17) is 0 Å². The van der Waals surface area contributed by atoms with Crippen LogP contribution in [0, 0.1) is 6.92 Å². The summed E-state index contributed by atoms with van der Waals surface area (Å²) in [6, 6.07) is 12.3. The van der Waals surface area contributed by atoms with Crippen LogP contribution in [0.2, 0.25) is 0 Å². The standard InChI is InChI=1S/C17H20N2O4S2/c1-13-4-3-5-14(10-13)12-25(22,23)18-16-7-6-15-8-9-19(17(15)11-16)24(2,20)21/h3-7,10-11,18H,8-9,12H2,1-2H3. The summed E-state index contributed by atoms with van der Waals surface area (Å²) < 4.78 is 52.4. The van der Waals surface area contributed by atoms with Crippen molar-refractivity contribution in [3.8, 4) is 0 Å². The van der Waals surface area contributed by atoms with Gasteiger partial charge in [-0.2, -0.15) is 0 Å². The van der Waals surface area contributed by atoms with Crippen molar-refractivity contribution in [3.05, 3.63) is 59.2 Å². The molecular formula is C17H20N2O4S2. The first-order valence-corrected chi connectivity index (χ1v) is 11.3. The molecule has 8 heteroatoms. The summed E-state index contributed by atoms with van der Waals surface area (Å²) in [4.78, 5) is 0. The van der Waals surface area contributed by atoms with E-state index in [-0.39, 0.29) is 5.75 Å². The van der Waals surface area contributed by atoms with Crippen LogP contribution in [0.3, 0.4) is 0 Å². The fourth-order valence-electron chi connectivity index (χ4n) is 2.99. The van der Waals surface area contributed by atoms with E-state index in [2.05, 4.69) is 4.72 Å². The van der Waals surface area contributed by atoms with Gasteiger partial charge < -0.3 is 0 Å². The number of aryl methyl sites for hydroxylation is 1. The van der Waals surface area contributed by atoms with Crippen LogP contribution in [-0.4, -0.2) is 29.6 Å². The third-order valence-electron chi connectivity index (χ3n) is 4.05. The molecule has 1 heterocycles. The summed E-state index contributed by atoms with van der Waals surface area (Å²) in [5.74, 6) is -0.137. The Morgan fingerprint density at radius 2 is 1.84 bits per heavy atom. The van der Waals surface area contributed by atoms with Crippen LogP contribution in [0.25, 0.3) is 0 Å². The van der Waals surface area contributed by atoms with Crippen molar-refractivity contribution in [2.24, 2.45) is 0 Å². The molecule has 0 saturated carbocycles. The van der Waals surface area contributed by atoms with Crippen LogP contribution in [0.1, 0.15) is 16.7 Å². The molecule has 0 atom stereocenters. The fourth-order valence-corrected chi connectivity index (χ4v) is 5.12. The van der Waals surface area contributed by atoms with Crippen molar-refractivity contribution in [1.29, 1.82) is 0 Å². The van der Waals surface area contributed by atoms with Gasteiger partial charge in [-0.15, -0.1) is 0 Å². The lowest BCUT2D eigenvalue weighted by Gasteiger charge is -2.17. The van der Waals surface area contributed by atoms with Gasteiger partial charge in [-0.1, -0.05) is 35.9 Å². The van der Waals surface area contributed by atoms with E-state index in [1.165, 1.54) is 4.31 Å². The third kappa shape index (κ3) is 4.13. The molecule has 0 aliphatic carbocycles. The fraction of sp³-hybridized carbons (Fsp3) is 0.294. The van der Waals surface area contributed by atoms with E-state index in [0.29, 0.717) is 29.9 Å². The van der Waals surface area contributed by atoms with Crippen LogP contribution in [0.4, 0.5) is 11.4 Å². The van der Waals surface area contributed by atoms with Gasteiger partial charge >= 0.3 is 0 Å². The van der Waals surface area contributed by atoms with Gasteiger partial charge in [0.15, 0.2) is 0 Å². The molecule has 0 saturated heterocycles. The Balaban J connectivity index is 1.84. The molecule has 1 aliphatic rings. The Hall–Kier alpha value is -2.06. The van der Waals surface area contributed by atoms with Crippen molar-refractivity contribution in [2.45, 2.75) is 19.1 Å². The smallest absolute Gasteiger partial charge is 0.236 e. The van der Waals surface area contributed by atoms with Gasteiger partial charge in [-0.05, 0) is 36.6 Å². The van der Waals surface area contributed by atoms with Gasteiger partial charge in [0, 0.05) is 6.54 Å². The van der Waals surface area contributed by atoms with Crippen LogP contribution in [-0.2, 0) is 32.2 Å². The first-order chi connectivity index (χ1) is 11.6. The Labute approximate surface area is 148 Å². The van der Waals surface area contributed by atoms with E-state index >= 15 is 0 Å². The summed E-state index contributed by atoms with van der Waals surface area (Å²) in [6.45, 7) is 2.29. The molecule has 0 radical (unpaired) electrons. The number of nitrogens with one attached hydrogen (secondary N) is 1. The Morgan fingerprint density at radius 3 is 2.52 bits per heavy atom. The molecule has 1 aliphatic heterocycles. The molecule has 1 N–H and O–H groups in total. The summed E-state index contributed by atoms with van der Waals surface area (Å²) in [5.41, 5.74) is 3.49. The van der Waals surface area contributed by atoms with Crippen LogP contribution in [0.15, 0.2) is 42.5 Å². The van der Waals surface area contributed by atoms with Gasteiger partial charge in [0.05, 0.1) is 23.4 Å². The number of rotatable bonds is 5. The molecule has 2 aromatic rings. The first-order valence-electron chi connectivity index (χ1n) is 7.81. The lowest BCUT2D eigenvalue weighted by molar-refractivity contribution is 0.597. The van der Waals surface area contributed by atoms with Gasteiger partial charge in [-0.3, -0.25) is 9.03 Å². The number of nitrogens with zero attached hydrogens (tertiary/aromatic N) is 1. The molecular weight excluding hydrogens is 360 g/mol. The minimum Gasteiger partial charge on any atom is -0.283 e. The monoisotopic (exact) mass is 380 g/mol. The van der Waals surface area contributed by atoms with Gasteiger partial charge in [-0.25, -0.2) is 16.8 Å². The summed E-state index contributed by atoms with van der Waals surface area (Å²) in [5, 5.41) is 0. The van der Waals surface area contributed by atoms with Crippen molar-refractivity contribution < 1.29 is 16.8 Å². The molecule has 2 aromatic carbocycles. The minimum atomic E-state index is -3.59. The zero-order valence-electron chi connectivity index (χ0n) is 14.1. The molecule has 134 valence electrons. The third-order valence-corrected chi connectivity index (χ3v) is 6.49. The van der Waals surface area contributed by atoms with E-state index in [1.54, 1.807) is 24.3 Å². The van der Waals surface area contributed by atoms with Gasteiger partial charge in [0.2, 0.25) is 20.0 Å². The maximum Gasteiger partial charge on any atom is 0.236 e. The normalized spacial score (nSPS) is 14.4. The Kier molecular flexibility index (Phi) is 4.51. The lowest BCUT2D eigenvalue weighted by atomic mass is 10.1. The van der Waals surface area contributed by atoms with E-state index < -0.39 is 20.0 Å². The molecule has 3 rings (SSSR count).